The van der Waals surface area contributed by atoms with E-state index in [9.17, 15) is 14.7 Å². The molecule has 20 heavy (non-hydrogen) atoms. The second-order valence-corrected chi connectivity index (χ2v) is 4.77. The molecule has 0 aliphatic carbocycles. The normalized spacial score (nSPS) is 13.3. The van der Waals surface area contributed by atoms with Crippen molar-refractivity contribution in [3.63, 3.8) is 0 Å². The van der Waals surface area contributed by atoms with E-state index in [1.807, 2.05) is 25.1 Å². The van der Waals surface area contributed by atoms with Gasteiger partial charge in [-0.25, -0.2) is 4.79 Å². The number of nitrogens with one attached hydrogen (secondary N) is 1. The van der Waals surface area contributed by atoms with Crippen LogP contribution in [0, 0.1) is 6.92 Å². The third kappa shape index (κ3) is 5.27. The second-order valence-electron chi connectivity index (χ2n) is 4.77. The van der Waals surface area contributed by atoms with Gasteiger partial charge in [0, 0.05) is 0 Å². The molecule has 0 aromatic heterocycles. The number of carboxylic acids is 1. The Balaban J connectivity index is 2.29. The monoisotopic (exact) mass is 281 g/mol. The van der Waals surface area contributed by atoms with Crippen LogP contribution in [-0.4, -0.2) is 40.8 Å². The van der Waals surface area contributed by atoms with Crippen molar-refractivity contribution in [3.8, 4) is 5.75 Å². The van der Waals surface area contributed by atoms with Gasteiger partial charge in [-0.3, -0.25) is 4.79 Å². The second kappa shape index (κ2) is 6.91. The Bertz CT molecular complexity index is 484. The van der Waals surface area contributed by atoms with E-state index in [1.165, 1.54) is 0 Å². The standard InChI is InChI=1S/C14H19NO5/c1-10-4-3-5-11(8-10)20-7-6-12(16)15-9-14(2,19)13(17)18/h3-5,8,19H,6-7,9H2,1-2H3,(H,15,16)(H,17,18). The molecule has 0 aliphatic rings. The van der Waals surface area contributed by atoms with Crippen LogP contribution in [0.5, 0.6) is 5.75 Å². The first-order valence-electron chi connectivity index (χ1n) is 6.23. The van der Waals surface area contributed by atoms with Crippen LogP contribution in [0.4, 0.5) is 0 Å². The maximum Gasteiger partial charge on any atom is 0.337 e. The lowest BCUT2D eigenvalue weighted by Crippen LogP contribution is -2.46. The Labute approximate surface area is 117 Å². The van der Waals surface area contributed by atoms with Crippen LogP contribution in [0.2, 0.25) is 0 Å². The van der Waals surface area contributed by atoms with Crippen molar-refractivity contribution in [2.24, 2.45) is 0 Å². The number of aryl methyl sites for hydroxylation is 1. The van der Waals surface area contributed by atoms with Crippen LogP contribution in [-0.2, 0) is 9.59 Å². The number of aliphatic carboxylic acids is 1. The molecule has 110 valence electrons. The summed E-state index contributed by atoms with van der Waals surface area (Å²) in [5.41, 5.74) is -0.906. The van der Waals surface area contributed by atoms with E-state index in [4.69, 9.17) is 9.84 Å². The van der Waals surface area contributed by atoms with Crippen molar-refractivity contribution in [2.45, 2.75) is 25.9 Å². The minimum Gasteiger partial charge on any atom is -0.493 e. The number of hydrogen-bond acceptors (Lipinski definition) is 4. The van der Waals surface area contributed by atoms with E-state index in [1.54, 1.807) is 6.07 Å². The largest absolute Gasteiger partial charge is 0.493 e. The first-order valence-corrected chi connectivity index (χ1v) is 6.23. The number of carbonyl (C=O) groups excluding carboxylic acids is 1. The molecule has 0 heterocycles. The fourth-order valence-corrected chi connectivity index (χ4v) is 1.40. The molecule has 0 saturated carbocycles. The van der Waals surface area contributed by atoms with Gasteiger partial charge in [0.25, 0.3) is 0 Å². The topological polar surface area (TPSA) is 95.9 Å². The molecule has 3 N–H and O–H groups in total. The van der Waals surface area contributed by atoms with Crippen molar-refractivity contribution in [2.75, 3.05) is 13.2 Å². The predicted molar refractivity (Wildman–Crippen MR) is 72.6 cm³/mol. The molecule has 1 unspecified atom stereocenters. The molecular weight excluding hydrogens is 262 g/mol. The van der Waals surface area contributed by atoms with Gasteiger partial charge in [0.05, 0.1) is 19.6 Å². The SMILES string of the molecule is Cc1cccc(OCCC(=O)NCC(C)(O)C(=O)O)c1. The van der Waals surface area contributed by atoms with Crippen molar-refractivity contribution in [1.82, 2.24) is 5.32 Å². The molecule has 0 bridgehead atoms. The summed E-state index contributed by atoms with van der Waals surface area (Å²) in [6, 6.07) is 7.44. The lowest BCUT2D eigenvalue weighted by molar-refractivity contribution is -0.156. The van der Waals surface area contributed by atoms with Gasteiger partial charge < -0.3 is 20.3 Å². The summed E-state index contributed by atoms with van der Waals surface area (Å²) in [7, 11) is 0. The predicted octanol–water partition coefficient (Wildman–Crippen LogP) is 0.716. The zero-order valence-electron chi connectivity index (χ0n) is 11.5. The highest BCUT2D eigenvalue weighted by Gasteiger charge is 2.30. The Morgan fingerprint density at radius 3 is 2.70 bits per heavy atom. The molecule has 1 aromatic rings. The molecule has 1 atom stereocenters. The van der Waals surface area contributed by atoms with E-state index >= 15 is 0 Å². The highest BCUT2D eigenvalue weighted by atomic mass is 16.5. The first-order chi connectivity index (χ1) is 9.31. The molecule has 6 nitrogen and oxygen atoms in total. The summed E-state index contributed by atoms with van der Waals surface area (Å²) >= 11 is 0. The lowest BCUT2D eigenvalue weighted by Gasteiger charge is -2.18. The van der Waals surface area contributed by atoms with Gasteiger partial charge >= 0.3 is 5.97 Å². The molecule has 1 aromatic carbocycles. The lowest BCUT2D eigenvalue weighted by atomic mass is 10.1. The Morgan fingerprint density at radius 1 is 1.40 bits per heavy atom. The highest BCUT2D eigenvalue weighted by Crippen LogP contribution is 2.12. The Kier molecular flexibility index (Phi) is 5.52. The number of aliphatic hydroxyl groups is 1. The molecule has 0 fully saturated rings. The van der Waals surface area contributed by atoms with E-state index in [0.29, 0.717) is 5.75 Å². The maximum absolute atomic E-state index is 11.5. The molecule has 1 rings (SSSR count). The van der Waals surface area contributed by atoms with Crippen LogP contribution >= 0.6 is 0 Å². The van der Waals surface area contributed by atoms with Gasteiger partial charge in [-0.05, 0) is 31.5 Å². The quantitative estimate of drug-likeness (QED) is 0.684. The third-order valence-electron chi connectivity index (χ3n) is 2.68. The molecule has 0 radical (unpaired) electrons. The van der Waals surface area contributed by atoms with E-state index in [-0.39, 0.29) is 25.5 Å². The number of carbonyl (C=O) groups is 2. The number of rotatable bonds is 7. The molecule has 0 spiro atoms. The summed E-state index contributed by atoms with van der Waals surface area (Å²) in [4.78, 5) is 22.1. The van der Waals surface area contributed by atoms with E-state index in [2.05, 4.69) is 5.32 Å². The molecule has 1 amide bonds. The van der Waals surface area contributed by atoms with Crippen LogP contribution in [0.15, 0.2) is 24.3 Å². The third-order valence-corrected chi connectivity index (χ3v) is 2.68. The Hall–Kier alpha value is -2.08. The van der Waals surface area contributed by atoms with Crippen molar-refractivity contribution < 1.29 is 24.5 Å². The van der Waals surface area contributed by atoms with Gasteiger partial charge in [-0.1, -0.05) is 12.1 Å². The highest BCUT2D eigenvalue weighted by molar-refractivity contribution is 5.80. The summed E-state index contributed by atoms with van der Waals surface area (Å²) in [6.07, 6.45) is 0.0869. The van der Waals surface area contributed by atoms with Crippen molar-refractivity contribution >= 4 is 11.9 Å². The summed E-state index contributed by atoms with van der Waals surface area (Å²) < 4.78 is 5.40. The van der Waals surface area contributed by atoms with Gasteiger partial charge in [-0.2, -0.15) is 0 Å². The molecular formula is C14H19NO5. The summed E-state index contributed by atoms with van der Waals surface area (Å²) in [5.74, 6) is -1.08. The van der Waals surface area contributed by atoms with Gasteiger partial charge in [0.2, 0.25) is 5.91 Å². The average Bonchev–Trinajstić information content (AvgIpc) is 2.36. The van der Waals surface area contributed by atoms with Crippen LogP contribution in [0.25, 0.3) is 0 Å². The molecule has 0 saturated heterocycles. The zero-order valence-corrected chi connectivity index (χ0v) is 11.5. The van der Waals surface area contributed by atoms with Gasteiger partial charge in [-0.15, -0.1) is 0 Å². The van der Waals surface area contributed by atoms with Gasteiger partial charge in [0.1, 0.15) is 5.75 Å². The fraction of sp³-hybridized carbons (Fsp3) is 0.429. The minimum atomic E-state index is -1.97. The smallest absolute Gasteiger partial charge is 0.337 e. The van der Waals surface area contributed by atoms with Gasteiger partial charge in [0.15, 0.2) is 5.60 Å². The number of amides is 1. The van der Waals surface area contributed by atoms with Crippen LogP contribution in [0.1, 0.15) is 18.9 Å². The van der Waals surface area contributed by atoms with E-state index < -0.39 is 11.6 Å². The zero-order chi connectivity index (χ0) is 15.2. The van der Waals surface area contributed by atoms with Crippen LogP contribution in [0.3, 0.4) is 0 Å². The average molecular weight is 281 g/mol. The Morgan fingerprint density at radius 2 is 2.10 bits per heavy atom. The van der Waals surface area contributed by atoms with E-state index in [0.717, 1.165) is 12.5 Å². The number of hydrogen-bond donors (Lipinski definition) is 3. The first kappa shape index (κ1) is 16.0. The minimum absolute atomic E-state index is 0.0869. The number of carboxylic acid groups (broad SMARTS) is 1. The van der Waals surface area contributed by atoms with Crippen LogP contribution < -0.4 is 10.1 Å². The fourth-order valence-electron chi connectivity index (χ4n) is 1.40. The maximum atomic E-state index is 11.5. The molecule has 0 aliphatic heterocycles. The summed E-state index contributed by atoms with van der Waals surface area (Å²) in [5, 5.41) is 20.5. The number of benzene rings is 1. The summed E-state index contributed by atoms with van der Waals surface area (Å²) in [6.45, 7) is 2.91. The molecule has 6 heteroatoms. The van der Waals surface area contributed by atoms with Crippen molar-refractivity contribution in [1.29, 1.82) is 0 Å². The van der Waals surface area contributed by atoms with Crippen molar-refractivity contribution in [3.05, 3.63) is 29.8 Å². The number of ether oxygens (including phenoxy) is 1.